The van der Waals surface area contributed by atoms with Gasteiger partial charge in [-0.3, -0.25) is 24.1 Å². The Morgan fingerprint density at radius 3 is 2.33 bits per heavy atom. The van der Waals surface area contributed by atoms with E-state index in [0.717, 1.165) is 0 Å². The van der Waals surface area contributed by atoms with Crippen LogP contribution in [0.4, 0.5) is 5.69 Å². The molecule has 0 aliphatic heterocycles. The Hall–Kier alpha value is -4.53. The average Bonchev–Trinajstić information content (AvgIpc) is 2.92. The number of Topliss-reactive ketones (excluding diaryl/α,β-unsaturated/α-hetero) is 2. The van der Waals surface area contributed by atoms with Gasteiger partial charge < -0.3 is 31.5 Å². The number of nitrogens with two attached hydrogens (primary N) is 1. The molecule has 14 heteroatoms. The van der Waals surface area contributed by atoms with E-state index in [4.69, 9.17) is 5.73 Å². The molecule has 2 aromatic carbocycles. The number of sulfone groups is 1. The summed E-state index contributed by atoms with van der Waals surface area (Å²) in [6.45, 7) is 0. The molecule has 0 bridgehead atoms. The fraction of sp³-hybridized carbons (Fsp3) is 0.310. The van der Waals surface area contributed by atoms with E-state index in [-0.39, 0.29) is 34.6 Å². The van der Waals surface area contributed by atoms with Gasteiger partial charge in [0.25, 0.3) is 5.91 Å². The van der Waals surface area contributed by atoms with E-state index in [2.05, 4.69) is 5.32 Å². The number of carbonyl (C=O) groups excluding carboxylic acids is 4. The molecule has 7 N–H and O–H groups in total. The number of likely N-dealkylation sites (N-methyl/N-ethyl adjacent to an activating group) is 1. The first kappa shape index (κ1) is 29.9. The summed E-state index contributed by atoms with van der Waals surface area (Å²) in [7, 11) is -0.943. The molecule has 13 nitrogen and oxygen atoms in total. The van der Waals surface area contributed by atoms with Crippen LogP contribution in [0.1, 0.15) is 22.3 Å². The van der Waals surface area contributed by atoms with Crippen molar-refractivity contribution in [3.05, 3.63) is 76.3 Å². The fourth-order valence-electron chi connectivity index (χ4n) is 6.40. The van der Waals surface area contributed by atoms with Crippen molar-refractivity contribution in [3.63, 3.8) is 0 Å². The number of phenolic OH excluding ortho intramolecular Hbond substituents is 1. The number of ketones is 2. The number of allylic oxidation sites excluding steroid dienone is 1. The predicted molar refractivity (Wildman–Crippen MR) is 151 cm³/mol. The zero-order chi connectivity index (χ0) is 31.6. The van der Waals surface area contributed by atoms with Gasteiger partial charge in [0.15, 0.2) is 27.0 Å². The first-order valence-electron chi connectivity index (χ1n) is 13.2. The van der Waals surface area contributed by atoms with Crippen LogP contribution in [0.2, 0.25) is 0 Å². The normalized spacial score (nSPS) is 25.3. The minimum Gasteiger partial charge on any atom is -0.510 e. The maximum absolute atomic E-state index is 13.8. The number of nitrogens with one attached hydrogen (secondary N) is 1. The molecular formula is C29H29N3O10S. The van der Waals surface area contributed by atoms with Crippen LogP contribution in [-0.2, 0) is 30.6 Å². The van der Waals surface area contributed by atoms with E-state index in [1.165, 1.54) is 55.4 Å². The zero-order valence-electron chi connectivity index (χ0n) is 23.1. The van der Waals surface area contributed by atoms with Crippen LogP contribution in [-0.4, -0.2) is 88.6 Å². The number of aliphatic hydroxyl groups excluding tert-OH is 2. The van der Waals surface area contributed by atoms with Crippen LogP contribution in [0.15, 0.2) is 70.0 Å². The number of fused-ring (bicyclic) bond motifs is 3. The van der Waals surface area contributed by atoms with Gasteiger partial charge >= 0.3 is 0 Å². The number of phenols is 1. The number of aliphatic hydroxyl groups is 3. The minimum atomic E-state index is -4.01. The third-order valence-electron chi connectivity index (χ3n) is 8.29. The highest BCUT2D eigenvalue weighted by atomic mass is 32.2. The van der Waals surface area contributed by atoms with Gasteiger partial charge in [-0.2, -0.15) is 0 Å². The molecule has 2 amide bonds. The number of hydrogen-bond donors (Lipinski definition) is 6. The van der Waals surface area contributed by atoms with Gasteiger partial charge in [0.05, 0.1) is 22.2 Å². The molecule has 3 aliphatic rings. The lowest BCUT2D eigenvalue weighted by molar-refractivity contribution is -0.148. The van der Waals surface area contributed by atoms with Gasteiger partial charge in [-0.05, 0) is 56.6 Å². The van der Waals surface area contributed by atoms with Crippen LogP contribution in [0.3, 0.4) is 0 Å². The summed E-state index contributed by atoms with van der Waals surface area (Å²) in [5.74, 6) is -9.82. The molecule has 0 aromatic heterocycles. The number of anilines is 1. The molecule has 5 rings (SSSR count). The maximum atomic E-state index is 13.8. The van der Waals surface area contributed by atoms with Crippen molar-refractivity contribution < 1.29 is 48.0 Å². The highest BCUT2D eigenvalue weighted by Gasteiger charge is 2.63. The lowest BCUT2D eigenvalue weighted by Crippen LogP contribution is -2.63. The summed E-state index contributed by atoms with van der Waals surface area (Å²) >= 11 is 0. The number of aromatic hydroxyl groups is 1. The molecule has 0 heterocycles. The molecule has 2 aromatic rings. The van der Waals surface area contributed by atoms with Crippen molar-refractivity contribution in [2.45, 2.75) is 29.4 Å². The van der Waals surface area contributed by atoms with Crippen molar-refractivity contribution in [2.24, 2.45) is 17.6 Å². The van der Waals surface area contributed by atoms with E-state index in [1.54, 1.807) is 6.07 Å². The second-order valence-corrected chi connectivity index (χ2v) is 13.1. The highest BCUT2D eigenvalue weighted by Crippen LogP contribution is 2.52. The molecule has 0 radical (unpaired) electrons. The van der Waals surface area contributed by atoms with E-state index >= 15 is 0 Å². The molecule has 0 saturated heterocycles. The summed E-state index contributed by atoms with van der Waals surface area (Å²) in [6, 6.07) is 8.94. The van der Waals surface area contributed by atoms with Crippen molar-refractivity contribution in [3.8, 4) is 5.75 Å². The molecular weight excluding hydrogens is 582 g/mol. The Bertz CT molecular complexity index is 1760. The van der Waals surface area contributed by atoms with Crippen LogP contribution in [0.25, 0.3) is 0 Å². The highest BCUT2D eigenvalue weighted by molar-refractivity contribution is 7.92. The van der Waals surface area contributed by atoms with Crippen molar-refractivity contribution in [1.29, 1.82) is 0 Å². The third kappa shape index (κ3) is 4.58. The summed E-state index contributed by atoms with van der Waals surface area (Å²) in [6.07, 6.45) is 0.00106. The van der Waals surface area contributed by atoms with Gasteiger partial charge in [-0.15, -0.1) is 0 Å². The standard InChI is InChI=1S/C29H29N3O10S/c1-32(2)22-16-11-14-10-13-8-9-17(31-18(33)12-43(41,42)15-6-4-3-5-7-15)23(34)19(13)24(35)20(14)26(37)29(16,40)27(38)21(25(22)36)28(30)39/h3-9,14,16,22,34,36-37,40H,10-12H2,1-2H3,(H2,30,39)(H,31,33)/t14?,16?,22-,29-/m0/s1. The molecule has 3 aliphatic carbocycles. The van der Waals surface area contributed by atoms with Crippen LogP contribution in [0, 0.1) is 11.8 Å². The van der Waals surface area contributed by atoms with Crippen LogP contribution < -0.4 is 11.1 Å². The van der Waals surface area contributed by atoms with E-state index < -0.39 is 85.3 Å². The smallest absolute Gasteiger partial charge is 0.255 e. The van der Waals surface area contributed by atoms with Gasteiger partial charge in [0.1, 0.15) is 22.8 Å². The number of rotatable bonds is 6. The number of carbonyl (C=O) groups is 4. The third-order valence-corrected chi connectivity index (χ3v) is 9.93. The number of nitrogens with zero attached hydrogens (tertiary/aromatic N) is 1. The number of primary amides is 1. The zero-order valence-corrected chi connectivity index (χ0v) is 23.9. The SMILES string of the molecule is CN(C)[C@@H]1C(O)=C(C(N)=O)C(=O)[C@@]2(O)C(O)=C3C(=O)c4c(ccc(NC(=O)CS(=O)(=O)c5ccccc5)c4O)CC3CC12. The molecule has 0 fully saturated rings. The van der Waals surface area contributed by atoms with Crippen molar-refractivity contribution in [2.75, 3.05) is 25.2 Å². The fourth-order valence-corrected chi connectivity index (χ4v) is 7.55. The molecule has 43 heavy (non-hydrogen) atoms. The Labute approximate surface area is 245 Å². The maximum Gasteiger partial charge on any atom is 0.255 e. The van der Waals surface area contributed by atoms with Gasteiger partial charge in [0.2, 0.25) is 11.7 Å². The van der Waals surface area contributed by atoms with E-state index in [9.17, 15) is 48.0 Å². The largest absolute Gasteiger partial charge is 0.510 e. The second kappa shape index (κ2) is 10.3. The summed E-state index contributed by atoms with van der Waals surface area (Å²) in [5, 5.41) is 47.1. The van der Waals surface area contributed by atoms with Crippen molar-refractivity contribution in [1.82, 2.24) is 4.90 Å². The molecule has 2 unspecified atom stereocenters. The lowest BCUT2D eigenvalue weighted by Gasteiger charge is -2.50. The Kier molecular flexibility index (Phi) is 7.19. The van der Waals surface area contributed by atoms with Gasteiger partial charge in [-0.1, -0.05) is 24.3 Å². The number of hydrogen-bond acceptors (Lipinski definition) is 11. The Morgan fingerprint density at radius 1 is 1.07 bits per heavy atom. The number of benzene rings is 2. The summed E-state index contributed by atoms with van der Waals surface area (Å²) in [5.41, 5.74) is 1.04. The minimum absolute atomic E-state index is 0.0671. The predicted octanol–water partition coefficient (Wildman–Crippen LogP) is 0.533. The molecule has 226 valence electrons. The average molecular weight is 612 g/mol. The van der Waals surface area contributed by atoms with E-state index in [0.29, 0.717) is 5.56 Å². The van der Waals surface area contributed by atoms with Crippen LogP contribution in [0.5, 0.6) is 5.75 Å². The van der Waals surface area contributed by atoms with E-state index in [1.807, 2.05) is 0 Å². The molecule has 0 saturated carbocycles. The van der Waals surface area contributed by atoms with Crippen LogP contribution >= 0.6 is 0 Å². The Balaban J connectivity index is 1.52. The first-order valence-corrected chi connectivity index (χ1v) is 14.8. The van der Waals surface area contributed by atoms with Gasteiger partial charge in [-0.25, -0.2) is 8.42 Å². The number of amides is 2. The molecule has 4 atom stereocenters. The van der Waals surface area contributed by atoms with Gasteiger partial charge in [0, 0.05) is 11.5 Å². The second-order valence-electron chi connectivity index (χ2n) is 11.1. The van der Waals surface area contributed by atoms with Crippen molar-refractivity contribution >= 4 is 38.9 Å². The molecule has 0 spiro atoms. The summed E-state index contributed by atoms with van der Waals surface area (Å²) < 4.78 is 25.2. The Morgan fingerprint density at radius 2 is 1.72 bits per heavy atom. The quantitative estimate of drug-likeness (QED) is 0.195. The summed E-state index contributed by atoms with van der Waals surface area (Å²) in [4.78, 5) is 53.3. The monoisotopic (exact) mass is 611 g/mol. The topological polar surface area (TPSA) is 225 Å². The lowest BCUT2D eigenvalue weighted by atomic mass is 9.58. The first-order chi connectivity index (χ1) is 20.1.